The third-order valence-corrected chi connectivity index (χ3v) is 3.03. The van der Waals surface area contributed by atoms with Crippen LogP contribution < -0.4 is 0 Å². The lowest BCUT2D eigenvalue weighted by atomic mass is 9.91. The first-order valence-corrected chi connectivity index (χ1v) is 5.81. The Bertz CT molecular complexity index is 492. The van der Waals surface area contributed by atoms with E-state index in [1.807, 2.05) is 13.8 Å². The summed E-state index contributed by atoms with van der Waals surface area (Å²) in [6, 6.07) is 1.50. The van der Waals surface area contributed by atoms with E-state index in [1.165, 1.54) is 6.07 Å². The summed E-state index contributed by atoms with van der Waals surface area (Å²) < 4.78 is 0. The minimum atomic E-state index is -1.01. The Kier molecular flexibility index (Phi) is 2.96. The average Bonchev–Trinajstić information content (AvgIpc) is 2.27. The van der Waals surface area contributed by atoms with Gasteiger partial charge in [-0.1, -0.05) is 13.8 Å². The van der Waals surface area contributed by atoms with E-state index in [4.69, 9.17) is 5.11 Å². The molecule has 1 N–H and O–H groups in total. The second-order valence-electron chi connectivity index (χ2n) is 4.65. The molecule has 0 saturated heterocycles. The molecule has 4 nitrogen and oxygen atoms in total. The summed E-state index contributed by atoms with van der Waals surface area (Å²) in [5, 5.41) is 9.15. The summed E-state index contributed by atoms with van der Waals surface area (Å²) in [6.45, 7) is 3.82. The molecule has 17 heavy (non-hydrogen) atoms. The van der Waals surface area contributed by atoms with Gasteiger partial charge in [-0.3, -0.25) is 9.78 Å². The lowest BCUT2D eigenvalue weighted by molar-refractivity contribution is 0.0694. The zero-order chi connectivity index (χ0) is 12.6. The number of carbonyl (C=O) groups excluding carboxylic acids is 1. The van der Waals surface area contributed by atoms with Crippen molar-refractivity contribution < 1.29 is 14.7 Å². The van der Waals surface area contributed by atoms with Gasteiger partial charge in [0.2, 0.25) is 0 Å². The monoisotopic (exact) mass is 233 g/mol. The van der Waals surface area contributed by atoms with Crippen LogP contribution in [0.1, 0.15) is 64.7 Å². The summed E-state index contributed by atoms with van der Waals surface area (Å²) >= 11 is 0. The molecule has 0 unspecified atom stereocenters. The third kappa shape index (κ3) is 2.07. The Morgan fingerprint density at radius 2 is 2.12 bits per heavy atom. The van der Waals surface area contributed by atoms with E-state index >= 15 is 0 Å². The van der Waals surface area contributed by atoms with Gasteiger partial charge in [-0.15, -0.1) is 0 Å². The SMILES string of the molecule is CC(C)c1nc2c(cc1C(=O)O)C(=O)CCC2. The number of hydrogen-bond acceptors (Lipinski definition) is 3. The van der Waals surface area contributed by atoms with Crippen molar-refractivity contribution in [1.82, 2.24) is 4.98 Å². The summed E-state index contributed by atoms with van der Waals surface area (Å²) in [4.78, 5) is 27.3. The minimum absolute atomic E-state index is 0.0107. The number of hydrogen-bond donors (Lipinski definition) is 1. The first-order valence-electron chi connectivity index (χ1n) is 5.81. The van der Waals surface area contributed by atoms with Crippen LogP contribution >= 0.6 is 0 Å². The number of carbonyl (C=O) groups is 2. The molecule has 90 valence electrons. The number of carboxylic acids is 1. The van der Waals surface area contributed by atoms with Gasteiger partial charge in [-0.2, -0.15) is 0 Å². The number of pyridine rings is 1. The highest BCUT2D eigenvalue weighted by Crippen LogP contribution is 2.25. The van der Waals surface area contributed by atoms with Crippen LogP contribution in [0.4, 0.5) is 0 Å². The molecule has 4 heteroatoms. The highest BCUT2D eigenvalue weighted by molar-refractivity contribution is 6.00. The lowest BCUT2D eigenvalue weighted by Gasteiger charge is -2.18. The summed E-state index contributed by atoms with van der Waals surface area (Å²) in [5.41, 5.74) is 1.99. The first-order chi connectivity index (χ1) is 8.00. The molecule has 2 rings (SSSR count). The Hall–Kier alpha value is -1.71. The third-order valence-electron chi connectivity index (χ3n) is 3.03. The molecule has 0 aliphatic heterocycles. The molecule has 0 radical (unpaired) electrons. The second kappa shape index (κ2) is 4.28. The normalized spacial score (nSPS) is 14.9. The van der Waals surface area contributed by atoms with Crippen molar-refractivity contribution in [2.75, 3.05) is 0 Å². The molecular weight excluding hydrogens is 218 g/mol. The van der Waals surface area contributed by atoms with E-state index in [0.29, 0.717) is 17.7 Å². The molecule has 1 heterocycles. The van der Waals surface area contributed by atoms with Gasteiger partial charge in [0.15, 0.2) is 5.78 Å². The van der Waals surface area contributed by atoms with Crippen molar-refractivity contribution in [3.63, 3.8) is 0 Å². The largest absolute Gasteiger partial charge is 0.478 e. The van der Waals surface area contributed by atoms with Crippen LogP contribution in [0.25, 0.3) is 0 Å². The van der Waals surface area contributed by atoms with Gasteiger partial charge in [-0.05, 0) is 24.8 Å². The van der Waals surface area contributed by atoms with E-state index in [-0.39, 0.29) is 17.3 Å². The molecular formula is C13H15NO3. The number of ketones is 1. The van der Waals surface area contributed by atoms with Gasteiger partial charge in [0, 0.05) is 12.0 Å². The molecule has 0 aromatic carbocycles. The van der Waals surface area contributed by atoms with Crippen LogP contribution in [-0.4, -0.2) is 21.8 Å². The number of aromatic nitrogens is 1. The maximum atomic E-state index is 11.7. The summed E-state index contributed by atoms with van der Waals surface area (Å²) in [6.07, 6.45) is 2.07. The van der Waals surface area contributed by atoms with Crippen LogP contribution in [0.5, 0.6) is 0 Å². The van der Waals surface area contributed by atoms with Gasteiger partial charge in [0.25, 0.3) is 0 Å². The van der Waals surface area contributed by atoms with E-state index in [0.717, 1.165) is 18.5 Å². The minimum Gasteiger partial charge on any atom is -0.478 e. The fourth-order valence-electron chi connectivity index (χ4n) is 2.16. The molecule has 0 spiro atoms. The number of fused-ring (bicyclic) bond motifs is 1. The molecule has 1 aromatic heterocycles. The van der Waals surface area contributed by atoms with Crippen molar-refractivity contribution in [2.45, 2.75) is 39.0 Å². The van der Waals surface area contributed by atoms with Crippen LogP contribution in [0.3, 0.4) is 0 Å². The summed E-state index contributed by atoms with van der Waals surface area (Å²) in [5.74, 6) is -0.956. The molecule has 0 amide bonds. The molecule has 0 fully saturated rings. The Labute approximate surface area is 99.7 Å². The quantitative estimate of drug-likeness (QED) is 0.851. The highest BCUT2D eigenvalue weighted by Gasteiger charge is 2.24. The second-order valence-corrected chi connectivity index (χ2v) is 4.65. The van der Waals surface area contributed by atoms with Gasteiger partial charge >= 0.3 is 5.97 Å². The Morgan fingerprint density at radius 3 is 2.71 bits per heavy atom. The van der Waals surface area contributed by atoms with Crippen LogP contribution in [0, 0.1) is 0 Å². The van der Waals surface area contributed by atoms with Gasteiger partial charge in [0.05, 0.1) is 17.0 Å². The fraction of sp³-hybridized carbons (Fsp3) is 0.462. The molecule has 1 aliphatic rings. The summed E-state index contributed by atoms with van der Waals surface area (Å²) in [7, 11) is 0. The van der Waals surface area contributed by atoms with Crippen LogP contribution in [0.15, 0.2) is 6.07 Å². The van der Waals surface area contributed by atoms with Gasteiger partial charge < -0.3 is 5.11 Å². The van der Waals surface area contributed by atoms with Crippen molar-refractivity contribution >= 4 is 11.8 Å². The first kappa shape index (κ1) is 11.8. The molecule has 0 saturated carbocycles. The Balaban J connectivity index is 2.63. The van der Waals surface area contributed by atoms with Crippen LogP contribution in [-0.2, 0) is 6.42 Å². The van der Waals surface area contributed by atoms with E-state index in [9.17, 15) is 9.59 Å². The number of Topliss-reactive ketones (excluding diaryl/α,β-unsaturated/α-hetero) is 1. The topological polar surface area (TPSA) is 67.3 Å². The molecule has 0 atom stereocenters. The fourth-order valence-corrected chi connectivity index (χ4v) is 2.16. The van der Waals surface area contributed by atoms with E-state index in [2.05, 4.69) is 4.98 Å². The number of aromatic carboxylic acids is 1. The number of rotatable bonds is 2. The van der Waals surface area contributed by atoms with Gasteiger partial charge in [0.1, 0.15) is 0 Å². The number of nitrogens with zero attached hydrogens (tertiary/aromatic N) is 1. The maximum Gasteiger partial charge on any atom is 0.337 e. The number of carboxylic acid groups (broad SMARTS) is 1. The Morgan fingerprint density at radius 1 is 1.41 bits per heavy atom. The average molecular weight is 233 g/mol. The van der Waals surface area contributed by atoms with Crippen molar-refractivity contribution in [3.8, 4) is 0 Å². The van der Waals surface area contributed by atoms with Crippen molar-refractivity contribution in [3.05, 3.63) is 28.6 Å². The van der Waals surface area contributed by atoms with Crippen molar-refractivity contribution in [1.29, 1.82) is 0 Å². The standard InChI is InChI=1S/C13H15NO3/c1-7(2)12-9(13(16)17)6-8-10(14-12)4-3-5-11(8)15/h6-7H,3-5H2,1-2H3,(H,16,17). The van der Waals surface area contributed by atoms with Gasteiger partial charge in [-0.25, -0.2) is 4.79 Å². The van der Waals surface area contributed by atoms with Crippen molar-refractivity contribution in [2.24, 2.45) is 0 Å². The van der Waals surface area contributed by atoms with Crippen LogP contribution in [0.2, 0.25) is 0 Å². The zero-order valence-corrected chi connectivity index (χ0v) is 9.99. The maximum absolute atomic E-state index is 11.7. The molecule has 0 bridgehead atoms. The van der Waals surface area contributed by atoms with E-state index < -0.39 is 5.97 Å². The predicted molar refractivity (Wildman–Crippen MR) is 62.6 cm³/mol. The lowest BCUT2D eigenvalue weighted by Crippen LogP contribution is -2.17. The zero-order valence-electron chi connectivity index (χ0n) is 9.99. The predicted octanol–water partition coefficient (Wildman–Crippen LogP) is 2.42. The number of aryl methyl sites for hydroxylation is 1. The molecule has 1 aromatic rings. The molecule has 1 aliphatic carbocycles. The highest BCUT2D eigenvalue weighted by atomic mass is 16.4. The van der Waals surface area contributed by atoms with E-state index in [1.54, 1.807) is 0 Å². The smallest absolute Gasteiger partial charge is 0.337 e.